The number of nitrogens with one attached hydrogen (secondary N) is 1. The summed E-state index contributed by atoms with van der Waals surface area (Å²) in [6, 6.07) is 10.3. The Morgan fingerprint density at radius 2 is 2.07 bits per heavy atom. The number of aromatic amines is 1. The third-order valence-corrected chi connectivity index (χ3v) is 4.97. The summed E-state index contributed by atoms with van der Waals surface area (Å²) in [5, 5.41) is 6.98. The molecule has 0 saturated carbocycles. The predicted molar refractivity (Wildman–Crippen MR) is 105 cm³/mol. The highest BCUT2D eigenvalue weighted by molar-refractivity contribution is 6.09. The van der Waals surface area contributed by atoms with E-state index >= 15 is 0 Å². The average molecular weight is 394 g/mol. The standard InChI is InChI=1S/C20H19FN6O2/c1-27-18(28)20(25-19(27)22,13-3-5-23-15(9-13)11-21)14-7-12(8-16(10-14)29-2)17-4-6-24-26-17/h3-10H,11H2,1-2H3,(H2,22,25)(H,24,26). The van der Waals surface area contributed by atoms with Gasteiger partial charge in [-0.15, -0.1) is 0 Å². The van der Waals surface area contributed by atoms with E-state index in [1.54, 1.807) is 31.4 Å². The first-order valence-corrected chi connectivity index (χ1v) is 8.84. The molecule has 148 valence electrons. The second-order valence-electron chi connectivity index (χ2n) is 6.62. The van der Waals surface area contributed by atoms with Gasteiger partial charge in [-0.05, 0) is 47.5 Å². The summed E-state index contributed by atoms with van der Waals surface area (Å²) < 4.78 is 18.7. The molecule has 4 rings (SSSR count). The Labute approximate surface area is 166 Å². The number of aromatic nitrogens is 3. The summed E-state index contributed by atoms with van der Waals surface area (Å²) in [5.41, 5.74) is 7.14. The maximum absolute atomic E-state index is 13.4. The van der Waals surface area contributed by atoms with E-state index in [1.807, 2.05) is 12.1 Å². The molecule has 0 saturated heterocycles. The first-order valence-electron chi connectivity index (χ1n) is 8.84. The van der Waals surface area contributed by atoms with Crippen LogP contribution in [0.15, 0.2) is 53.8 Å². The molecular weight excluding hydrogens is 375 g/mol. The van der Waals surface area contributed by atoms with Crippen molar-refractivity contribution >= 4 is 11.9 Å². The number of aliphatic imine (C=N–C) groups is 1. The van der Waals surface area contributed by atoms with Crippen LogP contribution >= 0.6 is 0 Å². The number of likely N-dealkylation sites (N-methyl/N-ethyl adjacent to an activating group) is 1. The molecule has 1 aliphatic rings. The number of ether oxygens (including phenoxy) is 1. The molecule has 0 fully saturated rings. The molecule has 0 bridgehead atoms. The number of guanidine groups is 1. The number of carbonyl (C=O) groups excluding carboxylic acids is 1. The highest BCUT2D eigenvalue weighted by Crippen LogP contribution is 2.42. The fourth-order valence-electron chi connectivity index (χ4n) is 3.46. The molecule has 1 unspecified atom stereocenters. The van der Waals surface area contributed by atoms with Crippen molar-refractivity contribution in [2.24, 2.45) is 10.7 Å². The molecule has 0 spiro atoms. The molecule has 2 aromatic heterocycles. The third-order valence-electron chi connectivity index (χ3n) is 4.97. The first kappa shape index (κ1) is 18.6. The van der Waals surface area contributed by atoms with Gasteiger partial charge in [0.1, 0.15) is 12.4 Å². The number of H-pyrrole nitrogens is 1. The van der Waals surface area contributed by atoms with Gasteiger partial charge in [0.2, 0.25) is 0 Å². The molecule has 3 N–H and O–H groups in total. The minimum absolute atomic E-state index is 0.0674. The summed E-state index contributed by atoms with van der Waals surface area (Å²) in [6.07, 6.45) is 3.16. The molecule has 3 aromatic rings. The maximum atomic E-state index is 13.4. The highest BCUT2D eigenvalue weighted by Gasteiger charge is 2.50. The van der Waals surface area contributed by atoms with Gasteiger partial charge in [0.05, 0.1) is 18.5 Å². The van der Waals surface area contributed by atoms with E-state index in [2.05, 4.69) is 20.2 Å². The largest absolute Gasteiger partial charge is 0.497 e. The number of hydrogen-bond donors (Lipinski definition) is 2. The van der Waals surface area contributed by atoms with Crippen molar-refractivity contribution in [2.45, 2.75) is 12.2 Å². The van der Waals surface area contributed by atoms with E-state index in [9.17, 15) is 9.18 Å². The summed E-state index contributed by atoms with van der Waals surface area (Å²) in [5.74, 6) is 0.237. The van der Waals surface area contributed by atoms with Gasteiger partial charge in [-0.2, -0.15) is 5.10 Å². The van der Waals surface area contributed by atoms with Crippen molar-refractivity contribution < 1.29 is 13.9 Å². The highest BCUT2D eigenvalue weighted by atomic mass is 19.1. The quantitative estimate of drug-likeness (QED) is 0.688. The summed E-state index contributed by atoms with van der Waals surface area (Å²) >= 11 is 0. The lowest BCUT2D eigenvalue weighted by Crippen LogP contribution is -2.41. The van der Waals surface area contributed by atoms with Crippen molar-refractivity contribution in [3.63, 3.8) is 0 Å². The lowest BCUT2D eigenvalue weighted by molar-refractivity contribution is -0.129. The molecule has 0 radical (unpaired) electrons. The van der Waals surface area contributed by atoms with Gasteiger partial charge in [-0.3, -0.25) is 19.8 Å². The molecular formula is C20H19FN6O2. The molecule has 8 nitrogen and oxygen atoms in total. The predicted octanol–water partition coefficient (Wildman–Crippen LogP) is 1.98. The Morgan fingerprint density at radius 3 is 2.69 bits per heavy atom. The van der Waals surface area contributed by atoms with Crippen LogP contribution in [-0.4, -0.2) is 46.1 Å². The molecule has 29 heavy (non-hydrogen) atoms. The van der Waals surface area contributed by atoms with E-state index in [4.69, 9.17) is 10.5 Å². The summed E-state index contributed by atoms with van der Waals surface area (Å²) in [6.45, 7) is -0.760. The zero-order valence-electron chi connectivity index (χ0n) is 15.9. The molecule has 1 atom stereocenters. The van der Waals surface area contributed by atoms with Crippen molar-refractivity contribution in [1.82, 2.24) is 20.1 Å². The van der Waals surface area contributed by atoms with Crippen molar-refractivity contribution in [1.29, 1.82) is 0 Å². The van der Waals surface area contributed by atoms with Crippen LogP contribution in [0.1, 0.15) is 16.8 Å². The number of amides is 1. The molecule has 9 heteroatoms. The fourth-order valence-corrected chi connectivity index (χ4v) is 3.46. The van der Waals surface area contributed by atoms with E-state index in [-0.39, 0.29) is 17.6 Å². The number of benzene rings is 1. The van der Waals surface area contributed by atoms with Gasteiger partial charge in [-0.25, -0.2) is 9.38 Å². The maximum Gasteiger partial charge on any atom is 0.266 e. The van der Waals surface area contributed by atoms with Gasteiger partial charge < -0.3 is 10.5 Å². The van der Waals surface area contributed by atoms with Crippen LogP contribution < -0.4 is 10.5 Å². The molecule has 3 heterocycles. The van der Waals surface area contributed by atoms with Crippen molar-refractivity contribution in [3.8, 4) is 17.0 Å². The zero-order chi connectivity index (χ0) is 20.6. The van der Waals surface area contributed by atoms with Gasteiger partial charge in [0.15, 0.2) is 11.5 Å². The number of methoxy groups -OCH3 is 1. The van der Waals surface area contributed by atoms with Gasteiger partial charge >= 0.3 is 0 Å². The molecule has 1 aliphatic heterocycles. The topological polar surface area (TPSA) is 109 Å². The van der Waals surface area contributed by atoms with E-state index in [0.29, 0.717) is 22.6 Å². The van der Waals surface area contributed by atoms with Crippen LogP contribution in [0, 0.1) is 0 Å². The van der Waals surface area contributed by atoms with Crippen LogP contribution in [0.4, 0.5) is 4.39 Å². The van der Waals surface area contributed by atoms with Crippen molar-refractivity contribution in [2.75, 3.05) is 14.2 Å². The molecule has 1 aromatic carbocycles. The Kier molecular flexibility index (Phi) is 4.50. The van der Waals surface area contributed by atoms with E-state index in [1.165, 1.54) is 24.3 Å². The monoisotopic (exact) mass is 394 g/mol. The summed E-state index contributed by atoms with van der Waals surface area (Å²) in [4.78, 5) is 23.2. The number of hydrogen-bond acceptors (Lipinski definition) is 6. The number of alkyl halides is 1. The number of carbonyl (C=O) groups is 1. The van der Waals surface area contributed by atoms with E-state index in [0.717, 1.165) is 5.56 Å². The van der Waals surface area contributed by atoms with Gasteiger partial charge in [0, 0.05) is 25.0 Å². The number of pyridine rings is 1. The second-order valence-corrected chi connectivity index (χ2v) is 6.62. The van der Waals surface area contributed by atoms with Crippen LogP contribution in [0.25, 0.3) is 11.3 Å². The smallest absolute Gasteiger partial charge is 0.266 e. The summed E-state index contributed by atoms with van der Waals surface area (Å²) in [7, 11) is 3.09. The van der Waals surface area contributed by atoms with Crippen molar-refractivity contribution in [3.05, 3.63) is 65.6 Å². The zero-order valence-corrected chi connectivity index (χ0v) is 15.9. The second kappa shape index (κ2) is 7.01. The number of nitrogens with two attached hydrogens (primary N) is 1. The number of rotatable bonds is 5. The Morgan fingerprint density at radius 1 is 1.24 bits per heavy atom. The van der Waals surface area contributed by atoms with Crippen LogP contribution in [0.3, 0.4) is 0 Å². The Balaban J connectivity index is 2.01. The van der Waals surface area contributed by atoms with Crippen LogP contribution in [0.2, 0.25) is 0 Å². The van der Waals surface area contributed by atoms with E-state index < -0.39 is 12.2 Å². The lowest BCUT2D eigenvalue weighted by Gasteiger charge is -2.27. The molecule has 0 aliphatic carbocycles. The lowest BCUT2D eigenvalue weighted by atomic mass is 9.82. The van der Waals surface area contributed by atoms with Crippen LogP contribution in [0.5, 0.6) is 5.75 Å². The Hall–Kier alpha value is -3.75. The molecule has 1 amide bonds. The number of nitrogens with zero attached hydrogens (tertiary/aromatic N) is 4. The number of halogens is 1. The minimum atomic E-state index is -1.48. The Bertz CT molecular complexity index is 1100. The van der Waals surface area contributed by atoms with Crippen LogP contribution in [-0.2, 0) is 17.0 Å². The fraction of sp³-hybridized carbons (Fsp3) is 0.200. The van der Waals surface area contributed by atoms with Gasteiger partial charge in [-0.1, -0.05) is 0 Å². The third kappa shape index (κ3) is 2.91. The SMILES string of the molecule is COc1cc(-c2cc[nH]n2)cc(C2(c3ccnc(CF)c3)N=C(N)N(C)C2=O)c1. The average Bonchev–Trinajstić information content (AvgIpc) is 3.37. The normalized spacial score (nSPS) is 18.8. The minimum Gasteiger partial charge on any atom is -0.497 e. The van der Waals surface area contributed by atoms with Gasteiger partial charge in [0.25, 0.3) is 5.91 Å². The first-order chi connectivity index (χ1) is 14.0.